The van der Waals surface area contributed by atoms with E-state index in [0.29, 0.717) is 0 Å². The Morgan fingerprint density at radius 3 is 2.62 bits per heavy atom. The van der Waals surface area contributed by atoms with Crippen molar-refractivity contribution in [3.05, 3.63) is 29.6 Å². The van der Waals surface area contributed by atoms with Crippen molar-refractivity contribution in [2.75, 3.05) is 0 Å². The van der Waals surface area contributed by atoms with Crippen LogP contribution in [0.25, 0.3) is 0 Å². The van der Waals surface area contributed by atoms with E-state index in [0.717, 1.165) is 6.54 Å². The van der Waals surface area contributed by atoms with Crippen molar-refractivity contribution in [2.24, 2.45) is 0 Å². The highest BCUT2D eigenvalue weighted by Crippen LogP contribution is 2.07. The summed E-state index contributed by atoms with van der Waals surface area (Å²) in [6.07, 6.45) is 3.75. The number of nitrogens with zero attached hydrogens (tertiary/aromatic N) is 1. The van der Waals surface area contributed by atoms with E-state index in [-0.39, 0.29) is 5.54 Å². The van der Waals surface area contributed by atoms with E-state index in [2.05, 4.69) is 38.0 Å². The van der Waals surface area contributed by atoms with Gasteiger partial charge in [-0.2, -0.15) is 0 Å². The predicted molar refractivity (Wildman–Crippen MR) is 55.6 cm³/mol. The Bertz CT molecular complexity index is 274. The number of nitrogens with one attached hydrogen (secondary N) is 1. The van der Waals surface area contributed by atoms with Crippen LogP contribution in [0.2, 0.25) is 0 Å². The van der Waals surface area contributed by atoms with Crippen LogP contribution in [0.4, 0.5) is 0 Å². The Balaban J connectivity index is 2.60. The SMILES string of the molecule is Cc1ccncc1CNC(C)(C)C. The monoisotopic (exact) mass is 178 g/mol. The molecular formula is C11H18N2. The number of hydrogen-bond acceptors (Lipinski definition) is 2. The molecule has 0 aromatic carbocycles. The van der Waals surface area contributed by atoms with E-state index in [1.165, 1.54) is 11.1 Å². The molecule has 13 heavy (non-hydrogen) atoms. The lowest BCUT2D eigenvalue weighted by Crippen LogP contribution is -2.35. The zero-order valence-corrected chi connectivity index (χ0v) is 8.89. The second kappa shape index (κ2) is 3.88. The summed E-state index contributed by atoms with van der Waals surface area (Å²) in [6, 6.07) is 2.04. The number of pyridine rings is 1. The summed E-state index contributed by atoms with van der Waals surface area (Å²) < 4.78 is 0. The fraction of sp³-hybridized carbons (Fsp3) is 0.545. The first kappa shape index (κ1) is 10.2. The van der Waals surface area contributed by atoms with Gasteiger partial charge in [0.1, 0.15) is 0 Å². The molecule has 0 saturated carbocycles. The van der Waals surface area contributed by atoms with Crippen molar-refractivity contribution in [3.63, 3.8) is 0 Å². The molecule has 1 aromatic heterocycles. The van der Waals surface area contributed by atoms with E-state index in [9.17, 15) is 0 Å². The molecule has 1 rings (SSSR count). The molecule has 2 nitrogen and oxygen atoms in total. The van der Waals surface area contributed by atoms with Crippen LogP contribution >= 0.6 is 0 Å². The second-order valence-electron chi connectivity index (χ2n) is 4.41. The molecule has 2 heteroatoms. The molecule has 1 heterocycles. The van der Waals surface area contributed by atoms with E-state index < -0.39 is 0 Å². The normalized spacial score (nSPS) is 11.7. The van der Waals surface area contributed by atoms with Crippen LogP contribution in [0, 0.1) is 6.92 Å². The first-order valence-corrected chi connectivity index (χ1v) is 4.63. The first-order chi connectivity index (χ1) is 5.99. The van der Waals surface area contributed by atoms with Gasteiger partial charge in [0.25, 0.3) is 0 Å². The summed E-state index contributed by atoms with van der Waals surface area (Å²) in [5.41, 5.74) is 2.74. The summed E-state index contributed by atoms with van der Waals surface area (Å²) in [4.78, 5) is 4.11. The molecule has 0 radical (unpaired) electrons. The quantitative estimate of drug-likeness (QED) is 0.751. The molecule has 0 aliphatic rings. The second-order valence-corrected chi connectivity index (χ2v) is 4.41. The Kier molecular flexibility index (Phi) is 3.04. The maximum absolute atomic E-state index is 4.11. The van der Waals surface area contributed by atoms with Crippen LogP contribution < -0.4 is 5.32 Å². The van der Waals surface area contributed by atoms with Crippen LogP contribution in [0.5, 0.6) is 0 Å². The molecule has 0 aliphatic carbocycles. The minimum Gasteiger partial charge on any atom is -0.308 e. The molecule has 0 saturated heterocycles. The average Bonchev–Trinajstić information content (AvgIpc) is 2.01. The molecule has 1 aromatic rings. The van der Waals surface area contributed by atoms with Gasteiger partial charge in [-0.15, -0.1) is 0 Å². The van der Waals surface area contributed by atoms with Crippen molar-refractivity contribution in [1.29, 1.82) is 0 Å². The van der Waals surface area contributed by atoms with E-state index >= 15 is 0 Å². The molecule has 72 valence electrons. The summed E-state index contributed by atoms with van der Waals surface area (Å²) in [5, 5.41) is 3.44. The lowest BCUT2D eigenvalue weighted by atomic mass is 10.1. The molecule has 0 fully saturated rings. The highest BCUT2D eigenvalue weighted by Gasteiger charge is 2.08. The maximum atomic E-state index is 4.11. The lowest BCUT2D eigenvalue weighted by Gasteiger charge is -2.20. The molecule has 0 aliphatic heterocycles. The van der Waals surface area contributed by atoms with Crippen LogP contribution in [0.15, 0.2) is 18.5 Å². The zero-order valence-electron chi connectivity index (χ0n) is 8.89. The molecule has 0 spiro atoms. The van der Waals surface area contributed by atoms with Gasteiger partial charge in [-0.05, 0) is 44.9 Å². The Hall–Kier alpha value is -0.890. The minimum absolute atomic E-state index is 0.169. The van der Waals surface area contributed by atoms with Gasteiger partial charge >= 0.3 is 0 Å². The molecule has 0 amide bonds. The highest BCUT2D eigenvalue weighted by molar-refractivity contribution is 5.21. The maximum Gasteiger partial charge on any atom is 0.0315 e. The predicted octanol–water partition coefficient (Wildman–Crippen LogP) is 2.28. The van der Waals surface area contributed by atoms with E-state index in [4.69, 9.17) is 0 Å². The van der Waals surface area contributed by atoms with Gasteiger partial charge in [-0.1, -0.05) is 0 Å². The number of hydrogen-bond donors (Lipinski definition) is 1. The number of aryl methyl sites for hydroxylation is 1. The standard InChI is InChI=1S/C11H18N2/c1-9-5-6-12-7-10(9)8-13-11(2,3)4/h5-7,13H,8H2,1-4H3. The van der Waals surface area contributed by atoms with Crippen LogP contribution in [-0.4, -0.2) is 10.5 Å². The van der Waals surface area contributed by atoms with Crippen molar-refractivity contribution in [2.45, 2.75) is 39.8 Å². The Labute approximate surface area is 80.4 Å². The van der Waals surface area contributed by atoms with E-state index in [1.54, 1.807) is 0 Å². The fourth-order valence-electron chi connectivity index (χ4n) is 1.04. The summed E-state index contributed by atoms with van der Waals surface area (Å²) in [6.45, 7) is 9.50. The average molecular weight is 178 g/mol. The third-order valence-electron chi connectivity index (χ3n) is 1.96. The smallest absolute Gasteiger partial charge is 0.0315 e. The van der Waals surface area contributed by atoms with Crippen molar-refractivity contribution < 1.29 is 0 Å². The Morgan fingerprint density at radius 2 is 2.08 bits per heavy atom. The van der Waals surface area contributed by atoms with Gasteiger partial charge < -0.3 is 5.32 Å². The molecule has 0 atom stereocenters. The largest absolute Gasteiger partial charge is 0.308 e. The van der Waals surface area contributed by atoms with Gasteiger partial charge in [0.05, 0.1) is 0 Å². The lowest BCUT2D eigenvalue weighted by molar-refractivity contribution is 0.423. The molecular weight excluding hydrogens is 160 g/mol. The number of aromatic nitrogens is 1. The zero-order chi connectivity index (χ0) is 9.90. The third-order valence-corrected chi connectivity index (χ3v) is 1.96. The molecule has 1 N–H and O–H groups in total. The Morgan fingerprint density at radius 1 is 1.38 bits per heavy atom. The van der Waals surface area contributed by atoms with Crippen molar-refractivity contribution in [3.8, 4) is 0 Å². The van der Waals surface area contributed by atoms with Gasteiger partial charge in [-0.25, -0.2) is 0 Å². The van der Waals surface area contributed by atoms with Gasteiger partial charge in [-0.3, -0.25) is 4.98 Å². The van der Waals surface area contributed by atoms with Crippen LogP contribution in [0.3, 0.4) is 0 Å². The first-order valence-electron chi connectivity index (χ1n) is 4.63. The van der Waals surface area contributed by atoms with Crippen molar-refractivity contribution >= 4 is 0 Å². The summed E-state index contributed by atoms with van der Waals surface area (Å²) in [5.74, 6) is 0. The van der Waals surface area contributed by atoms with Crippen LogP contribution in [0.1, 0.15) is 31.9 Å². The van der Waals surface area contributed by atoms with Gasteiger partial charge in [0.2, 0.25) is 0 Å². The topological polar surface area (TPSA) is 24.9 Å². The summed E-state index contributed by atoms with van der Waals surface area (Å²) in [7, 11) is 0. The van der Waals surface area contributed by atoms with Gasteiger partial charge in [0, 0.05) is 24.5 Å². The highest BCUT2D eigenvalue weighted by atomic mass is 14.9. The van der Waals surface area contributed by atoms with Crippen molar-refractivity contribution in [1.82, 2.24) is 10.3 Å². The molecule has 0 unspecified atom stereocenters. The van der Waals surface area contributed by atoms with Gasteiger partial charge in [0.15, 0.2) is 0 Å². The molecule has 0 bridgehead atoms. The minimum atomic E-state index is 0.169. The fourth-order valence-corrected chi connectivity index (χ4v) is 1.04. The van der Waals surface area contributed by atoms with E-state index in [1.807, 2.05) is 18.5 Å². The number of rotatable bonds is 2. The third kappa shape index (κ3) is 3.55. The summed E-state index contributed by atoms with van der Waals surface area (Å²) >= 11 is 0. The van der Waals surface area contributed by atoms with Crippen LogP contribution in [-0.2, 0) is 6.54 Å².